The van der Waals surface area contributed by atoms with E-state index in [1.807, 2.05) is 6.92 Å². The van der Waals surface area contributed by atoms with Crippen LogP contribution in [0.2, 0.25) is 5.02 Å². The summed E-state index contributed by atoms with van der Waals surface area (Å²) in [7, 11) is 0. The number of rotatable bonds is 8. The largest absolute Gasteiger partial charge is 1.00 e. The Bertz CT molecular complexity index is 929. The Kier molecular flexibility index (Phi) is 10.8. The Morgan fingerprint density at radius 2 is 1.74 bits per heavy atom. The van der Waals surface area contributed by atoms with Crippen LogP contribution in [0, 0.1) is 0 Å². The molecular weight excluding hydrogens is 448 g/mol. The van der Waals surface area contributed by atoms with Crippen molar-refractivity contribution in [3.63, 3.8) is 0 Å². The van der Waals surface area contributed by atoms with Gasteiger partial charge in [-0.2, -0.15) is 0 Å². The molecule has 2 unspecified atom stereocenters. The Balaban J connectivity index is 0.00000240. The Morgan fingerprint density at radius 1 is 1.10 bits per heavy atom. The van der Waals surface area contributed by atoms with Gasteiger partial charge in [0.1, 0.15) is 11.9 Å². The molecule has 2 atom stereocenters. The van der Waals surface area contributed by atoms with E-state index in [0.29, 0.717) is 23.6 Å². The van der Waals surface area contributed by atoms with E-state index in [-0.39, 0.29) is 76.7 Å². The second-order valence-electron chi connectivity index (χ2n) is 6.76. The second kappa shape index (κ2) is 11.9. The quantitative estimate of drug-likeness (QED) is 0.291. The molecule has 0 saturated carbocycles. The van der Waals surface area contributed by atoms with Gasteiger partial charge in [-0.15, -0.1) is 0 Å². The second-order valence-corrected chi connectivity index (χ2v) is 7.20. The molecule has 154 valence electrons. The van der Waals surface area contributed by atoms with Crippen molar-refractivity contribution in [2.45, 2.75) is 31.3 Å². The molecule has 0 fully saturated rings. The van der Waals surface area contributed by atoms with Gasteiger partial charge in [0, 0.05) is 17.6 Å². The van der Waals surface area contributed by atoms with Crippen LogP contribution in [0.5, 0.6) is 11.5 Å². The molecule has 0 aliphatic carbocycles. The molecule has 0 spiro atoms. The van der Waals surface area contributed by atoms with Gasteiger partial charge in [-0.05, 0) is 48.7 Å². The average molecular weight is 466 g/mol. The monoisotopic (exact) mass is 465 g/mol. The average Bonchev–Trinajstić information content (AvgIpc) is 3.06. The van der Waals surface area contributed by atoms with Gasteiger partial charge in [-0.1, -0.05) is 29.8 Å². The van der Waals surface area contributed by atoms with E-state index in [4.69, 9.17) is 21.1 Å². The maximum absolute atomic E-state index is 11.2. The summed E-state index contributed by atoms with van der Waals surface area (Å²) in [6, 6.07) is 11.5. The van der Waals surface area contributed by atoms with E-state index >= 15 is 0 Å². The van der Waals surface area contributed by atoms with E-state index in [1.165, 1.54) is 12.1 Å². The summed E-state index contributed by atoms with van der Waals surface area (Å²) < 4.78 is 9.90. The van der Waals surface area contributed by atoms with Gasteiger partial charge in [0.15, 0.2) is 11.5 Å². The van der Waals surface area contributed by atoms with Gasteiger partial charge >= 0.3 is 64.9 Å². The third-order valence-electron chi connectivity index (χ3n) is 4.49. The van der Waals surface area contributed by atoms with Crippen molar-refractivity contribution >= 4 is 23.5 Å². The molecular formula is C20H18ClNNa2O7. The van der Waals surface area contributed by atoms with Gasteiger partial charge in [-0.25, -0.2) is 0 Å². The topological polar surface area (TPSA) is 131 Å². The number of hydrogen-bond acceptors (Lipinski definition) is 8. The number of halogens is 1. The van der Waals surface area contributed by atoms with Crippen molar-refractivity contribution in [3.8, 4) is 11.5 Å². The molecule has 2 aromatic rings. The van der Waals surface area contributed by atoms with Crippen LogP contribution in [0.15, 0.2) is 42.5 Å². The minimum Gasteiger partial charge on any atom is -0.542 e. The normalized spacial score (nSPS) is 15.2. The molecule has 2 N–H and O–H groups in total. The zero-order valence-electron chi connectivity index (χ0n) is 17.4. The molecule has 31 heavy (non-hydrogen) atoms. The maximum atomic E-state index is 11.2. The first-order valence-corrected chi connectivity index (χ1v) is 9.20. The Hall–Kier alpha value is -0.810. The minimum atomic E-state index is -2.99. The predicted octanol–water partition coefficient (Wildman–Crippen LogP) is -6.43. The van der Waals surface area contributed by atoms with Crippen LogP contribution in [0.3, 0.4) is 0 Å². The minimum absolute atomic E-state index is 0. The Labute approximate surface area is 228 Å². The summed E-state index contributed by atoms with van der Waals surface area (Å²) in [5, 5.41) is 36.3. The molecule has 3 rings (SSSR count). The summed E-state index contributed by atoms with van der Waals surface area (Å²) in [6.45, 7) is 2.20. The summed E-state index contributed by atoms with van der Waals surface area (Å²) in [5.74, 6) is -7.16. The molecule has 0 bridgehead atoms. The van der Waals surface area contributed by atoms with Crippen molar-refractivity contribution in [2.75, 3.05) is 6.54 Å². The van der Waals surface area contributed by atoms with Crippen molar-refractivity contribution in [1.29, 1.82) is 0 Å². The van der Waals surface area contributed by atoms with Crippen LogP contribution in [0.25, 0.3) is 0 Å². The maximum Gasteiger partial charge on any atom is 1.00 e. The van der Waals surface area contributed by atoms with Crippen LogP contribution in [-0.4, -0.2) is 35.4 Å². The molecule has 1 aliphatic rings. The molecule has 0 saturated heterocycles. The molecule has 0 radical (unpaired) electrons. The molecule has 2 aromatic carbocycles. The molecule has 8 nitrogen and oxygen atoms in total. The number of hydrogen-bond donors (Lipinski definition) is 2. The van der Waals surface area contributed by atoms with Crippen molar-refractivity contribution in [3.05, 3.63) is 58.6 Å². The van der Waals surface area contributed by atoms with Gasteiger partial charge in [0.25, 0.3) is 0 Å². The van der Waals surface area contributed by atoms with Gasteiger partial charge in [0.05, 0.1) is 6.10 Å². The zero-order valence-corrected chi connectivity index (χ0v) is 22.1. The zero-order chi connectivity index (χ0) is 21.2. The Morgan fingerprint density at radius 3 is 2.35 bits per heavy atom. The molecule has 0 amide bonds. The number of carbonyl (C=O) groups excluding carboxylic acids is 2. The van der Waals surface area contributed by atoms with Gasteiger partial charge < -0.3 is 39.7 Å². The number of fused-ring (bicyclic) bond motifs is 1. The van der Waals surface area contributed by atoms with E-state index < -0.39 is 23.8 Å². The smallest absolute Gasteiger partial charge is 0.542 e. The number of aliphatic hydroxyl groups excluding tert-OH is 1. The first kappa shape index (κ1) is 28.2. The van der Waals surface area contributed by atoms with Crippen LogP contribution in [0.4, 0.5) is 0 Å². The van der Waals surface area contributed by atoms with Gasteiger partial charge in [-0.3, -0.25) is 0 Å². The van der Waals surface area contributed by atoms with E-state index in [0.717, 1.165) is 5.56 Å². The number of carbonyl (C=O) groups is 2. The predicted molar refractivity (Wildman–Crippen MR) is 98.0 cm³/mol. The van der Waals surface area contributed by atoms with Crippen LogP contribution in [0.1, 0.15) is 24.2 Å². The number of ether oxygens (including phenoxy) is 2. The summed E-state index contributed by atoms with van der Waals surface area (Å²) >= 11 is 5.93. The fourth-order valence-corrected chi connectivity index (χ4v) is 3.19. The standard InChI is InChI=1S/C20H20ClNO7.2Na/c1-11(22-10-15(23)13-3-2-4-14(21)9-13)7-12-5-6-16-17(8-12)29-20(28-16,18(24)25)19(26)27;;/h2-6,8-9,11,15,22-23H,7,10H2,1H3,(H,24,25)(H,26,27);;/q;2*+1/p-2. The number of carboxylic acids is 2. The molecule has 11 heteroatoms. The van der Waals surface area contributed by atoms with E-state index in [9.17, 15) is 24.9 Å². The van der Waals surface area contributed by atoms with Crippen LogP contribution < -0.4 is 84.1 Å². The van der Waals surface area contributed by atoms with Crippen molar-refractivity contribution < 1.29 is 93.5 Å². The number of nitrogens with one attached hydrogen (secondary N) is 1. The SMILES string of the molecule is CC(Cc1ccc2c(c1)OC(C(=O)[O-])(C(=O)[O-])O2)NCC(O)c1cccc(Cl)c1.[Na+].[Na+]. The third-order valence-corrected chi connectivity index (χ3v) is 4.72. The molecule has 0 aromatic heterocycles. The van der Waals surface area contributed by atoms with Gasteiger partial charge in [0.2, 0.25) is 0 Å². The summed E-state index contributed by atoms with van der Waals surface area (Å²) in [5.41, 5.74) is 1.44. The fraction of sp³-hybridized carbons (Fsp3) is 0.300. The number of aliphatic carboxylic acids is 2. The summed E-state index contributed by atoms with van der Waals surface area (Å²) in [4.78, 5) is 22.3. The number of carboxylic acid groups (broad SMARTS) is 2. The first-order chi connectivity index (χ1) is 13.7. The van der Waals surface area contributed by atoms with Crippen LogP contribution in [-0.2, 0) is 16.0 Å². The number of benzene rings is 2. The molecule has 1 heterocycles. The van der Waals surface area contributed by atoms with E-state index in [2.05, 4.69) is 5.32 Å². The fourth-order valence-electron chi connectivity index (χ4n) is 2.99. The van der Waals surface area contributed by atoms with E-state index in [1.54, 1.807) is 30.3 Å². The summed E-state index contributed by atoms with van der Waals surface area (Å²) in [6.07, 6.45) is -0.234. The third kappa shape index (κ3) is 6.60. The van der Waals surface area contributed by atoms with Crippen LogP contribution >= 0.6 is 11.6 Å². The van der Waals surface area contributed by atoms with Crippen molar-refractivity contribution in [1.82, 2.24) is 5.32 Å². The van der Waals surface area contributed by atoms with Crippen molar-refractivity contribution in [2.24, 2.45) is 0 Å². The molecule has 1 aliphatic heterocycles. The number of aliphatic hydroxyl groups is 1. The first-order valence-electron chi connectivity index (χ1n) is 8.82.